The van der Waals surface area contributed by atoms with Crippen LogP contribution in [0.3, 0.4) is 0 Å². The molecule has 5 heteroatoms. The summed E-state index contributed by atoms with van der Waals surface area (Å²) in [5.74, 6) is -0.133. The summed E-state index contributed by atoms with van der Waals surface area (Å²) in [5, 5.41) is 13.5. The van der Waals surface area contributed by atoms with Crippen LogP contribution in [0.4, 0.5) is 5.69 Å². The van der Waals surface area contributed by atoms with Crippen molar-refractivity contribution >= 4 is 11.6 Å². The highest BCUT2D eigenvalue weighted by Crippen LogP contribution is 2.13. The summed E-state index contributed by atoms with van der Waals surface area (Å²) < 4.78 is 0. The Morgan fingerprint density at radius 2 is 1.76 bits per heavy atom. The lowest BCUT2D eigenvalue weighted by molar-refractivity contribution is -0.384. The Labute approximate surface area is 122 Å². The fraction of sp³-hybridized carbons (Fsp3) is 0.188. The van der Waals surface area contributed by atoms with Gasteiger partial charge in [0, 0.05) is 18.7 Å². The Kier molecular flexibility index (Phi) is 5.04. The quantitative estimate of drug-likeness (QED) is 0.654. The Morgan fingerprint density at radius 3 is 2.48 bits per heavy atom. The molecule has 0 aliphatic rings. The highest BCUT2D eigenvalue weighted by molar-refractivity contribution is 5.78. The predicted molar refractivity (Wildman–Crippen MR) is 80.0 cm³/mol. The van der Waals surface area contributed by atoms with E-state index in [0.717, 1.165) is 12.0 Å². The zero-order valence-corrected chi connectivity index (χ0v) is 11.5. The third-order valence-corrected chi connectivity index (χ3v) is 3.06. The molecule has 5 nitrogen and oxygen atoms in total. The maximum absolute atomic E-state index is 11.8. The van der Waals surface area contributed by atoms with E-state index in [1.807, 2.05) is 30.3 Å². The number of nitro groups is 1. The van der Waals surface area contributed by atoms with Crippen molar-refractivity contribution in [2.45, 2.75) is 12.8 Å². The molecule has 0 saturated heterocycles. The molecule has 0 aliphatic heterocycles. The molecule has 0 aliphatic carbocycles. The second-order valence-corrected chi connectivity index (χ2v) is 4.69. The molecule has 2 aromatic rings. The zero-order valence-electron chi connectivity index (χ0n) is 11.5. The molecule has 0 radical (unpaired) electrons. The molecule has 0 heterocycles. The van der Waals surface area contributed by atoms with Crippen LogP contribution in [-0.2, 0) is 17.6 Å². The third kappa shape index (κ3) is 4.72. The van der Waals surface area contributed by atoms with Gasteiger partial charge in [-0.1, -0.05) is 42.5 Å². The van der Waals surface area contributed by atoms with E-state index in [9.17, 15) is 14.9 Å². The average Bonchev–Trinajstić information content (AvgIpc) is 2.48. The van der Waals surface area contributed by atoms with Gasteiger partial charge in [-0.2, -0.15) is 0 Å². The summed E-state index contributed by atoms with van der Waals surface area (Å²) in [6.07, 6.45) is 0.915. The van der Waals surface area contributed by atoms with Crippen LogP contribution in [0.5, 0.6) is 0 Å². The molecule has 2 rings (SSSR count). The molecule has 1 N–H and O–H groups in total. The number of nitro benzene ring substituents is 1. The molecule has 0 bridgehead atoms. The highest BCUT2D eigenvalue weighted by atomic mass is 16.6. The monoisotopic (exact) mass is 284 g/mol. The van der Waals surface area contributed by atoms with Gasteiger partial charge >= 0.3 is 0 Å². The van der Waals surface area contributed by atoms with Crippen molar-refractivity contribution < 1.29 is 9.72 Å². The van der Waals surface area contributed by atoms with Gasteiger partial charge in [-0.3, -0.25) is 14.9 Å². The molecule has 0 spiro atoms. The molecule has 0 fully saturated rings. The van der Waals surface area contributed by atoms with Gasteiger partial charge in [0.1, 0.15) is 0 Å². The number of nitrogens with one attached hydrogen (secondary N) is 1. The topological polar surface area (TPSA) is 72.2 Å². The van der Waals surface area contributed by atoms with E-state index < -0.39 is 4.92 Å². The van der Waals surface area contributed by atoms with Crippen LogP contribution < -0.4 is 5.32 Å². The van der Waals surface area contributed by atoms with E-state index in [-0.39, 0.29) is 18.0 Å². The standard InChI is InChI=1S/C16H16N2O3/c19-16(17-10-9-13-5-2-1-3-6-13)12-14-7-4-8-15(11-14)18(20)21/h1-8,11H,9-10,12H2,(H,17,19). The minimum absolute atomic E-state index is 0.00425. The normalized spacial score (nSPS) is 10.1. The van der Waals surface area contributed by atoms with Gasteiger partial charge in [-0.15, -0.1) is 0 Å². The van der Waals surface area contributed by atoms with Crippen molar-refractivity contribution in [3.63, 3.8) is 0 Å². The van der Waals surface area contributed by atoms with E-state index in [4.69, 9.17) is 0 Å². The highest BCUT2D eigenvalue weighted by Gasteiger charge is 2.08. The van der Waals surface area contributed by atoms with Gasteiger partial charge in [0.15, 0.2) is 0 Å². The molecule has 0 unspecified atom stereocenters. The van der Waals surface area contributed by atoms with Crippen LogP contribution in [0.1, 0.15) is 11.1 Å². The van der Waals surface area contributed by atoms with Crippen molar-refractivity contribution in [1.29, 1.82) is 0 Å². The zero-order chi connectivity index (χ0) is 15.1. The van der Waals surface area contributed by atoms with Crippen LogP contribution in [0.25, 0.3) is 0 Å². The average molecular weight is 284 g/mol. The van der Waals surface area contributed by atoms with E-state index in [2.05, 4.69) is 5.32 Å². The van der Waals surface area contributed by atoms with Gasteiger partial charge in [-0.05, 0) is 17.5 Å². The molecule has 108 valence electrons. The second-order valence-electron chi connectivity index (χ2n) is 4.69. The second kappa shape index (κ2) is 7.19. The van der Waals surface area contributed by atoms with Crippen molar-refractivity contribution in [1.82, 2.24) is 5.32 Å². The molecule has 21 heavy (non-hydrogen) atoms. The molecule has 0 saturated carbocycles. The number of carbonyl (C=O) groups is 1. The smallest absolute Gasteiger partial charge is 0.269 e. The van der Waals surface area contributed by atoms with Crippen LogP contribution in [-0.4, -0.2) is 17.4 Å². The number of amides is 1. The Bertz CT molecular complexity index is 626. The first kappa shape index (κ1) is 14.7. The van der Waals surface area contributed by atoms with Crippen LogP contribution in [0.2, 0.25) is 0 Å². The summed E-state index contributed by atoms with van der Waals surface area (Å²) in [6, 6.07) is 16.0. The summed E-state index contributed by atoms with van der Waals surface area (Å²) in [6.45, 7) is 0.553. The third-order valence-electron chi connectivity index (χ3n) is 3.06. The lowest BCUT2D eigenvalue weighted by atomic mass is 10.1. The molecule has 0 atom stereocenters. The van der Waals surface area contributed by atoms with Gasteiger partial charge < -0.3 is 5.32 Å². The molecular weight excluding hydrogens is 268 g/mol. The minimum atomic E-state index is -0.462. The van der Waals surface area contributed by atoms with Crippen molar-refractivity contribution in [3.8, 4) is 0 Å². The minimum Gasteiger partial charge on any atom is -0.355 e. The van der Waals surface area contributed by atoms with Crippen LogP contribution in [0, 0.1) is 10.1 Å². The van der Waals surface area contributed by atoms with Gasteiger partial charge in [0.05, 0.1) is 11.3 Å². The Morgan fingerprint density at radius 1 is 1.05 bits per heavy atom. The number of nitrogens with zero attached hydrogens (tertiary/aromatic N) is 1. The maximum Gasteiger partial charge on any atom is 0.269 e. The number of hydrogen-bond acceptors (Lipinski definition) is 3. The molecule has 1 amide bonds. The van der Waals surface area contributed by atoms with E-state index in [1.165, 1.54) is 12.1 Å². The fourth-order valence-corrected chi connectivity index (χ4v) is 2.02. The van der Waals surface area contributed by atoms with E-state index in [0.29, 0.717) is 12.1 Å². The first-order valence-corrected chi connectivity index (χ1v) is 6.69. The lowest BCUT2D eigenvalue weighted by Crippen LogP contribution is -2.27. The van der Waals surface area contributed by atoms with Gasteiger partial charge in [-0.25, -0.2) is 0 Å². The van der Waals surface area contributed by atoms with E-state index in [1.54, 1.807) is 12.1 Å². The molecule has 2 aromatic carbocycles. The lowest BCUT2D eigenvalue weighted by Gasteiger charge is -2.05. The van der Waals surface area contributed by atoms with Crippen molar-refractivity contribution in [2.75, 3.05) is 6.54 Å². The molecular formula is C16H16N2O3. The predicted octanol–water partition coefficient (Wildman–Crippen LogP) is 2.50. The Hall–Kier alpha value is -2.69. The number of rotatable bonds is 6. The van der Waals surface area contributed by atoms with Gasteiger partial charge in [0.25, 0.3) is 5.69 Å². The van der Waals surface area contributed by atoms with E-state index >= 15 is 0 Å². The summed E-state index contributed by atoms with van der Waals surface area (Å²) in [7, 11) is 0. The van der Waals surface area contributed by atoms with Crippen molar-refractivity contribution in [2.24, 2.45) is 0 Å². The number of non-ortho nitro benzene ring substituents is 1. The maximum atomic E-state index is 11.8. The molecule has 0 aromatic heterocycles. The van der Waals surface area contributed by atoms with Crippen LogP contribution in [0.15, 0.2) is 54.6 Å². The Balaban J connectivity index is 1.82. The first-order chi connectivity index (χ1) is 10.1. The van der Waals surface area contributed by atoms with Crippen molar-refractivity contribution in [3.05, 3.63) is 75.8 Å². The summed E-state index contributed by atoms with van der Waals surface area (Å²) >= 11 is 0. The first-order valence-electron chi connectivity index (χ1n) is 6.69. The summed E-state index contributed by atoms with van der Waals surface area (Å²) in [4.78, 5) is 22.0. The van der Waals surface area contributed by atoms with Crippen LogP contribution >= 0.6 is 0 Å². The summed E-state index contributed by atoms with van der Waals surface area (Å²) in [5.41, 5.74) is 1.80. The fourth-order valence-electron chi connectivity index (χ4n) is 2.02. The SMILES string of the molecule is O=C(Cc1cccc([N+](=O)[O-])c1)NCCc1ccccc1. The number of hydrogen-bond donors (Lipinski definition) is 1. The largest absolute Gasteiger partial charge is 0.355 e. The number of benzene rings is 2. The van der Waals surface area contributed by atoms with Gasteiger partial charge in [0.2, 0.25) is 5.91 Å². The number of carbonyl (C=O) groups excluding carboxylic acids is 1.